The minimum Gasteiger partial charge on any atom is -0.466 e. The van der Waals surface area contributed by atoms with Gasteiger partial charge in [0.15, 0.2) is 0 Å². The number of ether oxygens (including phenoxy) is 1. The number of carbonyl (C=O) groups is 1. The first-order chi connectivity index (χ1) is 10.3. The summed E-state index contributed by atoms with van der Waals surface area (Å²) in [6.07, 6.45) is 1.32. The predicted molar refractivity (Wildman–Crippen MR) is 88.5 cm³/mol. The zero-order chi connectivity index (χ0) is 16.3. The van der Waals surface area contributed by atoms with Crippen molar-refractivity contribution in [2.45, 2.75) is 18.2 Å². The van der Waals surface area contributed by atoms with Crippen molar-refractivity contribution in [3.05, 3.63) is 29.3 Å². The number of fused-ring (bicyclic) bond motifs is 1. The molecule has 0 spiro atoms. The van der Waals surface area contributed by atoms with Crippen LogP contribution in [0.15, 0.2) is 34.2 Å². The molecule has 1 heterocycles. The van der Waals surface area contributed by atoms with Gasteiger partial charge in [0.2, 0.25) is 10.0 Å². The number of anilines is 2. The van der Waals surface area contributed by atoms with Crippen molar-refractivity contribution >= 4 is 39.1 Å². The van der Waals surface area contributed by atoms with Gasteiger partial charge in [-0.1, -0.05) is 11.8 Å². The maximum absolute atomic E-state index is 11.6. The Morgan fingerprint density at radius 3 is 2.77 bits per heavy atom. The number of nitrogens with one attached hydrogen (secondary N) is 1. The van der Waals surface area contributed by atoms with Gasteiger partial charge in [0.05, 0.1) is 25.0 Å². The lowest BCUT2D eigenvalue weighted by atomic mass is 10.2. The molecule has 0 atom stereocenters. The van der Waals surface area contributed by atoms with E-state index in [9.17, 15) is 13.2 Å². The average molecular weight is 342 g/mol. The van der Waals surface area contributed by atoms with Crippen LogP contribution in [0.3, 0.4) is 0 Å². The Balaban J connectivity index is 2.18. The third-order valence-electron chi connectivity index (χ3n) is 3.01. The van der Waals surface area contributed by atoms with Crippen LogP contribution >= 0.6 is 11.8 Å². The normalized spacial score (nSPS) is 14.1. The van der Waals surface area contributed by atoms with Crippen LogP contribution < -0.4 is 9.62 Å². The maximum atomic E-state index is 11.6. The van der Waals surface area contributed by atoms with E-state index < -0.39 is 10.0 Å². The molecule has 0 bridgehead atoms. The fourth-order valence-corrected chi connectivity index (χ4v) is 3.63. The predicted octanol–water partition coefficient (Wildman–Crippen LogP) is 2.39. The highest BCUT2D eigenvalue weighted by Crippen LogP contribution is 2.40. The van der Waals surface area contributed by atoms with Crippen LogP contribution in [0.1, 0.15) is 13.3 Å². The molecular weight excluding hydrogens is 324 g/mol. The number of benzene rings is 1. The van der Waals surface area contributed by atoms with Crippen molar-refractivity contribution in [1.82, 2.24) is 0 Å². The average Bonchev–Trinajstić information content (AvgIpc) is 2.40. The number of nitrogens with zero attached hydrogens (tertiary/aromatic N) is 1. The Morgan fingerprint density at radius 2 is 2.14 bits per heavy atom. The molecule has 8 heteroatoms. The molecule has 0 saturated carbocycles. The minimum absolute atomic E-state index is 0.208. The van der Waals surface area contributed by atoms with E-state index in [1.807, 2.05) is 23.4 Å². The van der Waals surface area contributed by atoms with E-state index in [4.69, 9.17) is 4.74 Å². The summed E-state index contributed by atoms with van der Waals surface area (Å²) in [4.78, 5) is 14.4. The number of thioether (sulfide) groups is 1. The molecule has 1 aromatic rings. The van der Waals surface area contributed by atoms with Crippen molar-refractivity contribution in [1.29, 1.82) is 0 Å². The van der Waals surface area contributed by atoms with Crippen molar-refractivity contribution < 1.29 is 17.9 Å². The second-order valence-corrected chi connectivity index (χ2v) is 7.48. The van der Waals surface area contributed by atoms with E-state index in [2.05, 4.69) is 4.72 Å². The number of carbonyl (C=O) groups excluding carboxylic acids is 1. The summed E-state index contributed by atoms with van der Waals surface area (Å²) in [6, 6.07) is 5.30. The fourth-order valence-electron chi connectivity index (χ4n) is 2.05. The van der Waals surface area contributed by atoms with Crippen LogP contribution in [0.5, 0.6) is 0 Å². The van der Waals surface area contributed by atoms with E-state index in [0.717, 1.165) is 22.5 Å². The van der Waals surface area contributed by atoms with Gasteiger partial charge in [-0.25, -0.2) is 8.42 Å². The highest BCUT2D eigenvalue weighted by Gasteiger charge is 2.20. The highest BCUT2D eigenvalue weighted by molar-refractivity contribution is 8.02. The van der Waals surface area contributed by atoms with Crippen molar-refractivity contribution in [3.8, 4) is 0 Å². The number of hydrogen-bond acceptors (Lipinski definition) is 6. The topological polar surface area (TPSA) is 75.7 Å². The molecule has 1 aromatic carbocycles. The molecule has 0 saturated heterocycles. The summed E-state index contributed by atoms with van der Waals surface area (Å²) in [5.41, 5.74) is 2.29. The quantitative estimate of drug-likeness (QED) is 0.828. The van der Waals surface area contributed by atoms with Crippen molar-refractivity contribution in [2.24, 2.45) is 0 Å². The summed E-state index contributed by atoms with van der Waals surface area (Å²) >= 11 is 1.45. The zero-order valence-corrected chi connectivity index (χ0v) is 14.3. The molecular formula is C14H18N2O4S2. The molecule has 6 nitrogen and oxygen atoms in total. The molecule has 1 N–H and O–H groups in total. The summed E-state index contributed by atoms with van der Waals surface area (Å²) in [6.45, 7) is 2.14. The Labute approximate surface area is 134 Å². The molecule has 1 aliphatic heterocycles. The SMILES string of the molecule is CCOC(=O)CC1=CSc2cc(NS(C)(=O)=O)ccc2N1C. The largest absolute Gasteiger partial charge is 0.466 e. The summed E-state index contributed by atoms with van der Waals surface area (Å²) in [5.74, 6) is -0.264. The summed E-state index contributed by atoms with van der Waals surface area (Å²) in [7, 11) is -1.43. The van der Waals surface area contributed by atoms with Gasteiger partial charge in [-0.3, -0.25) is 9.52 Å². The van der Waals surface area contributed by atoms with E-state index in [1.165, 1.54) is 11.8 Å². The lowest BCUT2D eigenvalue weighted by Crippen LogP contribution is -2.22. The van der Waals surface area contributed by atoms with Crippen LogP contribution in [-0.4, -0.2) is 34.3 Å². The van der Waals surface area contributed by atoms with Crippen LogP contribution in [0.25, 0.3) is 0 Å². The molecule has 0 radical (unpaired) electrons. The minimum atomic E-state index is -3.30. The first kappa shape index (κ1) is 16.7. The number of sulfonamides is 1. The van der Waals surface area contributed by atoms with Gasteiger partial charge >= 0.3 is 5.97 Å². The van der Waals surface area contributed by atoms with Crippen LogP contribution in [0.4, 0.5) is 11.4 Å². The Morgan fingerprint density at radius 1 is 1.41 bits per heavy atom. The highest BCUT2D eigenvalue weighted by atomic mass is 32.2. The van der Waals surface area contributed by atoms with E-state index >= 15 is 0 Å². The fraction of sp³-hybridized carbons (Fsp3) is 0.357. The second kappa shape index (κ2) is 6.62. The van der Waals surface area contributed by atoms with Crippen LogP contribution in [-0.2, 0) is 19.6 Å². The third kappa shape index (κ3) is 4.17. The first-order valence-corrected chi connectivity index (χ1v) is 9.44. The molecule has 1 aliphatic rings. The van der Waals surface area contributed by atoms with E-state index in [1.54, 1.807) is 19.1 Å². The number of esters is 1. The van der Waals surface area contributed by atoms with Crippen molar-refractivity contribution in [2.75, 3.05) is 29.5 Å². The maximum Gasteiger partial charge on any atom is 0.311 e. The number of rotatable bonds is 5. The molecule has 0 aliphatic carbocycles. The lowest BCUT2D eigenvalue weighted by molar-refractivity contribution is -0.142. The zero-order valence-electron chi connectivity index (χ0n) is 12.6. The van der Waals surface area contributed by atoms with Crippen LogP contribution in [0, 0.1) is 0 Å². The molecule has 0 aromatic heterocycles. The Hall–Kier alpha value is -1.67. The van der Waals surface area contributed by atoms with Gasteiger partial charge in [0.25, 0.3) is 0 Å². The molecule has 0 unspecified atom stereocenters. The number of hydrogen-bond donors (Lipinski definition) is 1. The molecule has 120 valence electrons. The Bertz CT molecular complexity index is 714. The van der Waals surface area contributed by atoms with Gasteiger partial charge in [-0.2, -0.15) is 0 Å². The molecule has 0 fully saturated rings. The monoisotopic (exact) mass is 342 g/mol. The Kier molecular flexibility index (Phi) is 5.02. The summed E-state index contributed by atoms with van der Waals surface area (Å²) < 4.78 is 30.0. The van der Waals surface area contributed by atoms with Gasteiger partial charge in [0, 0.05) is 23.3 Å². The van der Waals surface area contributed by atoms with Gasteiger partial charge in [0.1, 0.15) is 0 Å². The van der Waals surface area contributed by atoms with E-state index in [-0.39, 0.29) is 12.4 Å². The molecule has 22 heavy (non-hydrogen) atoms. The summed E-state index contributed by atoms with van der Waals surface area (Å²) in [5, 5.41) is 1.88. The standard InChI is InChI=1S/C14H18N2O4S2/c1-4-20-14(17)8-11-9-21-13-7-10(15-22(3,18)19)5-6-12(13)16(11)2/h5-7,9,15H,4,8H2,1-3H3. The first-order valence-electron chi connectivity index (χ1n) is 6.67. The smallest absolute Gasteiger partial charge is 0.311 e. The third-order valence-corrected chi connectivity index (χ3v) is 4.59. The van der Waals surface area contributed by atoms with E-state index in [0.29, 0.717) is 12.3 Å². The lowest BCUT2D eigenvalue weighted by Gasteiger charge is -2.28. The van der Waals surface area contributed by atoms with Gasteiger partial charge in [-0.15, -0.1) is 0 Å². The van der Waals surface area contributed by atoms with Crippen LogP contribution in [0.2, 0.25) is 0 Å². The van der Waals surface area contributed by atoms with Crippen molar-refractivity contribution in [3.63, 3.8) is 0 Å². The molecule has 2 rings (SSSR count). The van der Waals surface area contributed by atoms with Gasteiger partial charge < -0.3 is 9.64 Å². The second-order valence-electron chi connectivity index (χ2n) is 4.82. The van der Waals surface area contributed by atoms with Gasteiger partial charge in [-0.05, 0) is 30.5 Å². The molecule has 0 amide bonds.